The molecule has 0 unspecified atom stereocenters. The number of carbonyl (C=O) groups is 2. The molecule has 0 spiro atoms. The molecular weight excluding hydrogens is 244 g/mol. The van der Waals surface area contributed by atoms with Gasteiger partial charge < -0.3 is 0 Å². The van der Waals surface area contributed by atoms with Gasteiger partial charge in [0.15, 0.2) is 5.78 Å². The Hall–Kier alpha value is -2.43. The van der Waals surface area contributed by atoms with E-state index in [1.54, 1.807) is 31.2 Å². The molecule has 0 saturated heterocycles. The van der Waals surface area contributed by atoms with Crippen LogP contribution in [0.3, 0.4) is 0 Å². The van der Waals surface area contributed by atoms with Crippen molar-refractivity contribution >= 4 is 11.6 Å². The maximum Gasteiger partial charge on any atom is 0.282 e. The van der Waals surface area contributed by atoms with Gasteiger partial charge in [-0.25, -0.2) is 4.68 Å². The molecule has 1 aromatic heterocycles. The minimum atomic E-state index is -0.444. The molecule has 0 saturated carbocycles. The summed E-state index contributed by atoms with van der Waals surface area (Å²) in [5, 5.41) is 2.86. The van der Waals surface area contributed by atoms with Crippen LogP contribution in [0.2, 0.25) is 0 Å². The molecule has 1 N–H and O–H groups in total. The summed E-state index contributed by atoms with van der Waals surface area (Å²) in [4.78, 5) is 35.1. The molecule has 5 heteroatoms. The highest BCUT2D eigenvalue weighted by molar-refractivity contribution is 6.07. The monoisotopic (exact) mass is 258 g/mol. The molecule has 0 fully saturated rings. The van der Waals surface area contributed by atoms with Crippen LogP contribution in [0.1, 0.15) is 29.4 Å². The van der Waals surface area contributed by atoms with Gasteiger partial charge >= 0.3 is 0 Å². The fourth-order valence-corrected chi connectivity index (χ4v) is 1.95. The maximum atomic E-state index is 12.2. The molecule has 5 nitrogen and oxygen atoms in total. The highest BCUT2D eigenvalue weighted by Crippen LogP contribution is 2.08. The number of aromatic nitrogens is 2. The minimum absolute atomic E-state index is 0.0547. The number of hydrogen-bond donors (Lipinski definition) is 1. The summed E-state index contributed by atoms with van der Waals surface area (Å²) in [6, 6.07) is 8.96. The molecule has 0 aliphatic carbocycles. The van der Waals surface area contributed by atoms with Gasteiger partial charge in [0.05, 0.1) is 12.1 Å². The molecular formula is C14H14N2O3. The molecule has 98 valence electrons. The number of para-hydroxylation sites is 1. The number of H-pyrrole nitrogens is 1. The molecule has 2 aromatic rings. The third-order valence-corrected chi connectivity index (χ3v) is 2.77. The Morgan fingerprint density at radius 3 is 2.42 bits per heavy atom. The molecule has 0 atom stereocenters. The Balaban J connectivity index is 2.50. The SMILES string of the molecule is CC(=O)CC(=O)c1c(C)[nH]n(-c2ccccc2)c1=O. The summed E-state index contributed by atoms with van der Waals surface area (Å²) in [6.07, 6.45) is -0.247. The average molecular weight is 258 g/mol. The van der Waals surface area contributed by atoms with Crippen molar-refractivity contribution in [3.05, 3.63) is 51.9 Å². The van der Waals surface area contributed by atoms with Crippen LogP contribution in [-0.4, -0.2) is 21.3 Å². The summed E-state index contributed by atoms with van der Waals surface area (Å²) >= 11 is 0. The first-order valence-electron chi connectivity index (χ1n) is 5.90. The van der Waals surface area contributed by atoms with Crippen LogP contribution in [0.5, 0.6) is 0 Å². The lowest BCUT2D eigenvalue weighted by atomic mass is 10.1. The number of aromatic amines is 1. The van der Waals surface area contributed by atoms with Gasteiger partial charge in [-0.2, -0.15) is 0 Å². The van der Waals surface area contributed by atoms with Crippen LogP contribution < -0.4 is 5.56 Å². The number of nitrogens with one attached hydrogen (secondary N) is 1. The van der Waals surface area contributed by atoms with Crippen molar-refractivity contribution in [3.8, 4) is 5.69 Å². The van der Waals surface area contributed by atoms with Gasteiger partial charge in [0, 0.05) is 5.69 Å². The Morgan fingerprint density at radius 2 is 1.84 bits per heavy atom. The van der Waals surface area contributed by atoms with Gasteiger partial charge in [0.25, 0.3) is 5.56 Å². The first kappa shape index (κ1) is 13.0. The molecule has 2 rings (SSSR count). The number of benzene rings is 1. The quantitative estimate of drug-likeness (QED) is 0.669. The Morgan fingerprint density at radius 1 is 1.21 bits per heavy atom. The lowest BCUT2D eigenvalue weighted by Gasteiger charge is -1.99. The van der Waals surface area contributed by atoms with Gasteiger partial charge in [0.1, 0.15) is 11.3 Å². The van der Waals surface area contributed by atoms with E-state index in [1.165, 1.54) is 11.6 Å². The number of nitrogens with zero attached hydrogens (tertiary/aromatic N) is 1. The van der Waals surface area contributed by atoms with E-state index in [0.717, 1.165) is 0 Å². The minimum Gasteiger partial charge on any atom is -0.300 e. The highest BCUT2D eigenvalue weighted by atomic mass is 16.2. The van der Waals surface area contributed by atoms with Crippen molar-refractivity contribution in [1.29, 1.82) is 0 Å². The molecule has 0 amide bonds. The number of Topliss-reactive ketones (excluding diaryl/α,β-unsaturated/α-hetero) is 2. The van der Waals surface area contributed by atoms with Gasteiger partial charge in [-0.1, -0.05) is 18.2 Å². The zero-order valence-corrected chi connectivity index (χ0v) is 10.8. The number of ketones is 2. The van der Waals surface area contributed by atoms with Gasteiger partial charge in [-0.3, -0.25) is 19.5 Å². The van der Waals surface area contributed by atoms with Crippen molar-refractivity contribution < 1.29 is 9.59 Å². The highest BCUT2D eigenvalue weighted by Gasteiger charge is 2.20. The van der Waals surface area contributed by atoms with Crippen LogP contribution in [0, 0.1) is 6.92 Å². The fourth-order valence-electron chi connectivity index (χ4n) is 1.95. The van der Waals surface area contributed by atoms with E-state index in [9.17, 15) is 14.4 Å². The smallest absolute Gasteiger partial charge is 0.282 e. The van der Waals surface area contributed by atoms with Crippen molar-refractivity contribution in [3.63, 3.8) is 0 Å². The van der Waals surface area contributed by atoms with Crippen LogP contribution in [0.15, 0.2) is 35.1 Å². The van der Waals surface area contributed by atoms with Crippen molar-refractivity contribution in [2.45, 2.75) is 20.3 Å². The van der Waals surface area contributed by atoms with E-state index < -0.39 is 11.3 Å². The normalized spacial score (nSPS) is 10.4. The number of carbonyl (C=O) groups excluding carboxylic acids is 2. The average Bonchev–Trinajstić information content (AvgIpc) is 2.65. The molecule has 1 heterocycles. The maximum absolute atomic E-state index is 12.2. The summed E-state index contributed by atoms with van der Waals surface area (Å²) in [5.74, 6) is -0.697. The second-order valence-corrected chi connectivity index (χ2v) is 4.39. The van der Waals surface area contributed by atoms with Gasteiger partial charge in [0.2, 0.25) is 0 Å². The molecule has 0 aliphatic rings. The summed E-state index contributed by atoms with van der Waals surface area (Å²) in [5.41, 5.74) is 0.756. The summed E-state index contributed by atoms with van der Waals surface area (Å²) < 4.78 is 1.31. The van der Waals surface area contributed by atoms with Crippen LogP contribution in [0.25, 0.3) is 5.69 Å². The van der Waals surface area contributed by atoms with E-state index in [-0.39, 0.29) is 17.8 Å². The second-order valence-electron chi connectivity index (χ2n) is 4.39. The second kappa shape index (κ2) is 5.06. The van der Waals surface area contributed by atoms with Crippen LogP contribution in [-0.2, 0) is 4.79 Å². The topological polar surface area (TPSA) is 71.9 Å². The molecule has 0 radical (unpaired) electrons. The van der Waals surface area contributed by atoms with Crippen molar-refractivity contribution in [2.75, 3.05) is 0 Å². The van der Waals surface area contributed by atoms with E-state index in [4.69, 9.17) is 0 Å². The first-order chi connectivity index (χ1) is 9.00. The predicted molar refractivity (Wildman–Crippen MR) is 70.8 cm³/mol. The predicted octanol–water partition coefficient (Wildman–Crippen LogP) is 1.64. The number of aryl methyl sites for hydroxylation is 1. The lowest BCUT2D eigenvalue weighted by molar-refractivity contribution is -0.116. The molecule has 19 heavy (non-hydrogen) atoms. The van der Waals surface area contributed by atoms with Crippen molar-refractivity contribution in [1.82, 2.24) is 9.78 Å². The van der Waals surface area contributed by atoms with E-state index in [1.807, 2.05) is 6.07 Å². The van der Waals surface area contributed by atoms with Crippen LogP contribution >= 0.6 is 0 Å². The zero-order chi connectivity index (χ0) is 14.0. The molecule has 1 aromatic carbocycles. The standard InChI is InChI=1S/C14H14N2O3/c1-9(17)8-12(18)13-10(2)15-16(14(13)19)11-6-4-3-5-7-11/h3-7,15H,8H2,1-2H3. The van der Waals surface area contributed by atoms with Crippen molar-refractivity contribution in [2.24, 2.45) is 0 Å². The van der Waals surface area contributed by atoms with Gasteiger partial charge in [-0.05, 0) is 26.0 Å². The van der Waals surface area contributed by atoms with E-state index >= 15 is 0 Å². The first-order valence-corrected chi connectivity index (χ1v) is 5.90. The Bertz CT molecular complexity index is 680. The summed E-state index contributed by atoms with van der Waals surface area (Å²) in [6.45, 7) is 2.98. The number of hydrogen-bond acceptors (Lipinski definition) is 3. The number of rotatable bonds is 4. The fraction of sp³-hybridized carbons (Fsp3) is 0.214. The van der Waals surface area contributed by atoms with E-state index in [0.29, 0.717) is 11.4 Å². The zero-order valence-electron chi connectivity index (χ0n) is 10.8. The molecule has 0 aliphatic heterocycles. The Labute approximate surface area is 109 Å². The van der Waals surface area contributed by atoms with Gasteiger partial charge in [-0.15, -0.1) is 0 Å². The lowest BCUT2D eigenvalue weighted by Crippen LogP contribution is -2.21. The largest absolute Gasteiger partial charge is 0.300 e. The summed E-state index contributed by atoms with van der Waals surface area (Å²) in [7, 11) is 0. The molecule has 0 bridgehead atoms. The third kappa shape index (κ3) is 2.54. The third-order valence-electron chi connectivity index (χ3n) is 2.77. The van der Waals surface area contributed by atoms with E-state index in [2.05, 4.69) is 5.10 Å². The Kier molecular flexibility index (Phi) is 3.46. The van der Waals surface area contributed by atoms with Crippen LogP contribution in [0.4, 0.5) is 0 Å².